The standard InChI is InChI=1S/C17H33N5O6S/c1-10(20-15(25)11(19)6-8-29-2)14(24)21-12(5-3-4-7-18)16(26)22-13(9-23)17(27)28/h10-13,23H,3-9,18-19H2,1-2H3,(H,20,25)(H,21,24)(H,22,26)(H,27,28). The summed E-state index contributed by atoms with van der Waals surface area (Å²) in [4.78, 5) is 47.8. The summed E-state index contributed by atoms with van der Waals surface area (Å²) in [6.45, 7) is 1.07. The molecule has 0 heterocycles. The normalized spacial score (nSPS) is 14.9. The Balaban J connectivity index is 4.93. The van der Waals surface area contributed by atoms with E-state index in [1.165, 1.54) is 6.92 Å². The minimum Gasteiger partial charge on any atom is -0.480 e. The van der Waals surface area contributed by atoms with Crippen molar-refractivity contribution in [3.8, 4) is 0 Å². The minimum absolute atomic E-state index is 0.223. The average molecular weight is 436 g/mol. The van der Waals surface area contributed by atoms with Crippen molar-refractivity contribution in [1.29, 1.82) is 0 Å². The summed E-state index contributed by atoms with van der Waals surface area (Å²) in [7, 11) is 0. The van der Waals surface area contributed by atoms with Gasteiger partial charge in [0.2, 0.25) is 17.7 Å². The molecule has 12 heteroatoms. The van der Waals surface area contributed by atoms with Crippen LogP contribution < -0.4 is 27.4 Å². The smallest absolute Gasteiger partial charge is 0.328 e. The molecular formula is C17H33N5O6S. The molecule has 0 saturated carbocycles. The third-order valence-corrected chi connectivity index (χ3v) is 4.74. The van der Waals surface area contributed by atoms with Crippen LogP contribution in [0.1, 0.15) is 32.6 Å². The first-order valence-electron chi connectivity index (χ1n) is 9.37. The summed E-state index contributed by atoms with van der Waals surface area (Å²) in [5, 5.41) is 25.2. The zero-order chi connectivity index (χ0) is 22.4. The quantitative estimate of drug-likeness (QED) is 0.139. The Morgan fingerprint density at radius 3 is 2.10 bits per heavy atom. The van der Waals surface area contributed by atoms with Crippen LogP contribution in [0.4, 0.5) is 0 Å². The third-order valence-electron chi connectivity index (χ3n) is 4.10. The van der Waals surface area contributed by atoms with Crippen molar-refractivity contribution in [3.05, 3.63) is 0 Å². The fourth-order valence-corrected chi connectivity index (χ4v) is 2.77. The first kappa shape index (κ1) is 27.1. The molecule has 0 aromatic heterocycles. The number of hydrogen-bond acceptors (Lipinski definition) is 8. The lowest BCUT2D eigenvalue weighted by Gasteiger charge is -2.23. The van der Waals surface area contributed by atoms with Crippen LogP contribution >= 0.6 is 11.8 Å². The maximum Gasteiger partial charge on any atom is 0.328 e. The number of amides is 3. The topological polar surface area (TPSA) is 197 Å². The second kappa shape index (κ2) is 15.0. The van der Waals surface area contributed by atoms with Crippen molar-refractivity contribution in [2.45, 2.75) is 56.8 Å². The monoisotopic (exact) mass is 435 g/mol. The molecule has 0 saturated heterocycles. The van der Waals surface area contributed by atoms with E-state index >= 15 is 0 Å². The van der Waals surface area contributed by atoms with Gasteiger partial charge in [0.05, 0.1) is 12.6 Å². The number of carboxylic acids is 1. The molecule has 4 atom stereocenters. The fourth-order valence-electron chi connectivity index (χ4n) is 2.28. The van der Waals surface area contributed by atoms with E-state index in [-0.39, 0.29) is 6.42 Å². The molecule has 0 spiro atoms. The second-order valence-corrected chi connectivity index (χ2v) is 7.53. The number of aliphatic hydroxyl groups excluding tert-OH is 1. The van der Waals surface area contributed by atoms with Crippen LogP contribution in [0.15, 0.2) is 0 Å². The van der Waals surface area contributed by atoms with Gasteiger partial charge in [0.15, 0.2) is 0 Å². The van der Waals surface area contributed by atoms with Crippen LogP contribution in [0.2, 0.25) is 0 Å². The highest BCUT2D eigenvalue weighted by Gasteiger charge is 2.28. The summed E-state index contributed by atoms with van der Waals surface area (Å²) < 4.78 is 0. The second-order valence-electron chi connectivity index (χ2n) is 6.55. The van der Waals surface area contributed by atoms with Crippen LogP contribution in [0.3, 0.4) is 0 Å². The SMILES string of the molecule is CSCCC(N)C(=O)NC(C)C(=O)NC(CCCCN)C(=O)NC(CO)C(=O)O. The Kier molecular flexibility index (Phi) is 14.0. The largest absolute Gasteiger partial charge is 0.480 e. The Morgan fingerprint density at radius 2 is 1.59 bits per heavy atom. The van der Waals surface area contributed by atoms with Crippen LogP contribution in [-0.2, 0) is 19.2 Å². The first-order valence-corrected chi connectivity index (χ1v) is 10.8. The molecule has 9 N–H and O–H groups in total. The number of nitrogens with one attached hydrogen (secondary N) is 3. The van der Waals surface area contributed by atoms with Gasteiger partial charge in [-0.05, 0) is 51.2 Å². The lowest BCUT2D eigenvalue weighted by atomic mass is 10.1. The predicted molar refractivity (Wildman–Crippen MR) is 110 cm³/mol. The summed E-state index contributed by atoms with van der Waals surface area (Å²) >= 11 is 1.55. The molecule has 0 fully saturated rings. The number of hydrogen-bond donors (Lipinski definition) is 7. The van der Waals surface area contributed by atoms with Crippen LogP contribution in [-0.4, -0.2) is 83.2 Å². The summed E-state index contributed by atoms with van der Waals surface area (Å²) in [5.41, 5.74) is 11.2. The van der Waals surface area contributed by atoms with E-state index in [4.69, 9.17) is 21.7 Å². The molecule has 0 aromatic carbocycles. The summed E-state index contributed by atoms with van der Waals surface area (Å²) in [5.74, 6) is -2.52. The van der Waals surface area contributed by atoms with Crippen molar-refractivity contribution in [3.63, 3.8) is 0 Å². The molecule has 4 unspecified atom stereocenters. The van der Waals surface area contributed by atoms with Gasteiger partial charge in [-0.15, -0.1) is 0 Å². The van der Waals surface area contributed by atoms with Gasteiger partial charge in [-0.1, -0.05) is 0 Å². The molecule has 0 aliphatic carbocycles. The van der Waals surface area contributed by atoms with Crippen molar-refractivity contribution in [2.75, 3.05) is 25.2 Å². The van der Waals surface area contributed by atoms with E-state index in [0.717, 1.165) is 0 Å². The molecule has 11 nitrogen and oxygen atoms in total. The molecule has 29 heavy (non-hydrogen) atoms. The summed E-state index contributed by atoms with van der Waals surface area (Å²) in [6, 6.07) is -4.21. The van der Waals surface area contributed by atoms with E-state index in [1.807, 2.05) is 6.26 Å². The zero-order valence-electron chi connectivity index (χ0n) is 16.8. The lowest BCUT2D eigenvalue weighted by Crippen LogP contribution is -2.56. The number of carbonyl (C=O) groups is 4. The van der Waals surface area contributed by atoms with Crippen LogP contribution in [0, 0.1) is 0 Å². The molecule has 0 aliphatic rings. The molecule has 0 aliphatic heterocycles. The number of carboxylic acid groups (broad SMARTS) is 1. The number of rotatable bonds is 15. The van der Waals surface area contributed by atoms with Gasteiger partial charge in [0, 0.05) is 0 Å². The lowest BCUT2D eigenvalue weighted by molar-refractivity contribution is -0.143. The van der Waals surface area contributed by atoms with E-state index < -0.39 is 54.5 Å². The molecule has 0 aromatic rings. The summed E-state index contributed by atoms with van der Waals surface area (Å²) in [6.07, 6.45) is 3.70. The van der Waals surface area contributed by atoms with Gasteiger partial charge in [0.1, 0.15) is 18.1 Å². The Bertz CT molecular complexity index is 550. The highest BCUT2D eigenvalue weighted by Crippen LogP contribution is 2.03. The fraction of sp³-hybridized carbons (Fsp3) is 0.765. The van der Waals surface area contributed by atoms with Crippen LogP contribution in [0.5, 0.6) is 0 Å². The third kappa shape index (κ3) is 11.0. The Labute approximate surface area is 174 Å². The van der Waals surface area contributed by atoms with Gasteiger partial charge >= 0.3 is 5.97 Å². The van der Waals surface area contributed by atoms with E-state index in [2.05, 4.69) is 16.0 Å². The van der Waals surface area contributed by atoms with Gasteiger partial charge in [0.25, 0.3) is 0 Å². The minimum atomic E-state index is -1.48. The van der Waals surface area contributed by atoms with Gasteiger partial charge < -0.3 is 37.6 Å². The van der Waals surface area contributed by atoms with Crippen molar-refractivity contribution < 1.29 is 29.4 Å². The van der Waals surface area contributed by atoms with Crippen molar-refractivity contribution >= 4 is 35.5 Å². The highest BCUT2D eigenvalue weighted by atomic mass is 32.2. The molecule has 3 amide bonds. The molecule has 0 bridgehead atoms. The average Bonchev–Trinajstić information content (AvgIpc) is 2.68. The first-order chi connectivity index (χ1) is 13.7. The maximum atomic E-state index is 12.4. The zero-order valence-corrected chi connectivity index (χ0v) is 17.7. The molecule has 0 rings (SSSR count). The van der Waals surface area contributed by atoms with E-state index in [1.54, 1.807) is 11.8 Å². The Hall–Kier alpha value is -1.89. The van der Waals surface area contributed by atoms with E-state index in [9.17, 15) is 19.2 Å². The number of carbonyl (C=O) groups excluding carboxylic acids is 3. The Morgan fingerprint density at radius 1 is 0.966 bits per heavy atom. The number of aliphatic hydroxyl groups is 1. The maximum absolute atomic E-state index is 12.4. The van der Waals surface area contributed by atoms with Crippen molar-refractivity contribution in [2.24, 2.45) is 11.5 Å². The van der Waals surface area contributed by atoms with Gasteiger partial charge in [-0.3, -0.25) is 14.4 Å². The number of unbranched alkanes of at least 4 members (excludes halogenated alkanes) is 1. The van der Waals surface area contributed by atoms with Crippen LogP contribution in [0.25, 0.3) is 0 Å². The molecule has 0 radical (unpaired) electrons. The van der Waals surface area contributed by atoms with E-state index in [0.29, 0.717) is 31.6 Å². The molecule has 168 valence electrons. The highest BCUT2D eigenvalue weighted by molar-refractivity contribution is 7.98. The van der Waals surface area contributed by atoms with Gasteiger partial charge in [-0.2, -0.15) is 11.8 Å². The molecular weight excluding hydrogens is 402 g/mol. The number of thioether (sulfide) groups is 1. The number of nitrogens with two attached hydrogens (primary N) is 2. The van der Waals surface area contributed by atoms with Gasteiger partial charge in [-0.25, -0.2) is 4.79 Å². The van der Waals surface area contributed by atoms with Crippen molar-refractivity contribution in [1.82, 2.24) is 16.0 Å². The predicted octanol–water partition coefficient (Wildman–Crippen LogP) is -2.25. The number of aliphatic carboxylic acids is 1.